The lowest BCUT2D eigenvalue weighted by atomic mass is 10.2. The first kappa shape index (κ1) is 13.5. The SMILES string of the molecule is COc1cc(N2CCN(C)CC2)c(NC=O)cc1N. The van der Waals surface area contributed by atoms with Crippen LogP contribution in [0.3, 0.4) is 0 Å². The molecular weight excluding hydrogens is 244 g/mol. The van der Waals surface area contributed by atoms with Gasteiger partial charge in [-0.2, -0.15) is 0 Å². The Morgan fingerprint density at radius 3 is 2.58 bits per heavy atom. The zero-order valence-electron chi connectivity index (χ0n) is 11.3. The van der Waals surface area contributed by atoms with Gasteiger partial charge in [0.15, 0.2) is 0 Å². The third kappa shape index (κ3) is 2.90. The zero-order chi connectivity index (χ0) is 13.8. The van der Waals surface area contributed by atoms with Gasteiger partial charge in [-0.05, 0) is 13.1 Å². The maximum Gasteiger partial charge on any atom is 0.211 e. The van der Waals surface area contributed by atoms with Crippen molar-refractivity contribution in [3.63, 3.8) is 0 Å². The van der Waals surface area contributed by atoms with Crippen molar-refractivity contribution in [1.82, 2.24) is 4.90 Å². The monoisotopic (exact) mass is 264 g/mol. The summed E-state index contributed by atoms with van der Waals surface area (Å²) in [6.45, 7) is 3.81. The van der Waals surface area contributed by atoms with E-state index < -0.39 is 0 Å². The molecule has 0 atom stereocenters. The summed E-state index contributed by atoms with van der Waals surface area (Å²) in [5.41, 5.74) is 8.06. The van der Waals surface area contributed by atoms with Gasteiger partial charge in [0.05, 0.1) is 24.2 Å². The number of methoxy groups -OCH3 is 1. The molecule has 1 aromatic rings. The Kier molecular flexibility index (Phi) is 4.11. The summed E-state index contributed by atoms with van der Waals surface area (Å²) in [6.07, 6.45) is 0.667. The second-order valence-corrected chi connectivity index (χ2v) is 4.66. The van der Waals surface area contributed by atoms with Gasteiger partial charge >= 0.3 is 0 Å². The van der Waals surface area contributed by atoms with E-state index in [2.05, 4.69) is 22.2 Å². The predicted molar refractivity (Wildman–Crippen MR) is 76.8 cm³/mol. The number of nitrogens with two attached hydrogens (primary N) is 1. The van der Waals surface area contributed by atoms with E-state index >= 15 is 0 Å². The minimum absolute atomic E-state index is 0.518. The predicted octanol–water partition coefficient (Wildman–Crippen LogP) is 0.598. The summed E-state index contributed by atoms with van der Waals surface area (Å²) in [5.74, 6) is 0.630. The Balaban J connectivity index is 2.33. The average Bonchev–Trinajstić information content (AvgIpc) is 2.41. The van der Waals surface area contributed by atoms with Crippen LogP contribution in [0, 0.1) is 0 Å². The van der Waals surface area contributed by atoms with Crippen LogP contribution in [0.5, 0.6) is 5.75 Å². The zero-order valence-corrected chi connectivity index (χ0v) is 11.3. The molecular formula is C13H20N4O2. The van der Waals surface area contributed by atoms with E-state index in [1.807, 2.05) is 6.07 Å². The Morgan fingerprint density at radius 2 is 2.00 bits per heavy atom. The molecule has 0 spiro atoms. The Morgan fingerprint density at radius 1 is 1.32 bits per heavy atom. The number of nitrogens with zero attached hydrogens (tertiary/aromatic N) is 2. The molecule has 2 rings (SSSR count). The van der Waals surface area contributed by atoms with Crippen LogP contribution in [-0.2, 0) is 4.79 Å². The number of carbonyl (C=O) groups excluding carboxylic acids is 1. The smallest absolute Gasteiger partial charge is 0.211 e. The minimum Gasteiger partial charge on any atom is -0.495 e. The first-order valence-electron chi connectivity index (χ1n) is 6.27. The van der Waals surface area contributed by atoms with Crippen molar-refractivity contribution < 1.29 is 9.53 Å². The van der Waals surface area contributed by atoms with E-state index in [1.165, 1.54) is 0 Å². The Labute approximate surface area is 113 Å². The van der Waals surface area contributed by atoms with Crippen molar-refractivity contribution >= 4 is 23.5 Å². The number of hydrogen-bond donors (Lipinski definition) is 2. The number of amides is 1. The topological polar surface area (TPSA) is 70.8 Å². The number of piperazine rings is 1. The molecule has 0 saturated carbocycles. The highest BCUT2D eigenvalue weighted by Gasteiger charge is 2.19. The van der Waals surface area contributed by atoms with E-state index in [1.54, 1.807) is 13.2 Å². The van der Waals surface area contributed by atoms with Crippen LogP contribution >= 0.6 is 0 Å². The fourth-order valence-corrected chi connectivity index (χ4v) is 2.25. The quantitative estimate of drug-likeness (QED) is 0.615. The first-order chi connectivity index (χ1) is 9.15. The Hall–Kier alpha value is -1.95. The largest absolute Gasteiger partial charge is 0.495 e. The van der Waals surface area contributed by atoms with Gasteiger partial charge in [-0.3, -0.25) is 4.79 Å². The van der Waals surface area contributed by atoms with Gasteiger partial charge in [0.25, 0.3) is 0 Å². The minimum atomic E-state index is 0.518. The highest BCUT2D eigenvalue weighted by atomic mass is 16.5. The maximum atomic E-state index is 10.7. The molecule has 1 aromatic carbocycles. The summed E-state index contributed by atoms with van der Waals surface area (Å²) in [6, 6.07) is 3.62. The molecule has 6 nitrogen and oxygen atoms in total. The number of hydrogen-bond acceptors (Lipinski definition) is 5. The van der Waals surface area contributed by atoms with Crippen molar-refractivity contribution in [3.05, 3.63) is 12.1 Å². The van der Waals surface area contributed by atoms with E-state index in [-0.39, 0.29) is 0 Å². The highest BCUT2D eigenvalue weighted by Crippen LogP contribution is 2.35. The molecule has 1 saturated heterocycles. The second-order valence-electron chi connectivity index (χ2n) is 4.66. The van der Waals surface area contributed by atoms with Gasteiger partial charge in [0.2, 0.25) is 6.41 Å². The number of anilines is 3. The molecule has 1 heterocycles. The van der Waals surface area contributed by atoms with Gasteiger partial charge in [0, 0.05) is 32.2 Å². The molecule has 19 heavy (non-hydrogen) atoms. The third-order valence-electron chi connectivity index (χ3n) is 3.41. The Bertz CT molecular complexity index is 456. The molecule has 6 heteroatoms. The van der Waals surface area contributed by atoms with E-state index in [4.69, 9.17) is 10.5 Å². The van der Waals surface area contributed by atoms with Gasteiger partial charge in [-0.1, -0.05) is 0 Å². The van der Waals surface area contributed by atoms with Crippen molar-refractivity contribution in [2.75, 3.05) is 56.3 Å². The first-order valence-corrected chi connectivity index (χ1v) is 6.27. The summed E-state index contributed by atoms with van der Waals surface area (Å²) in [5, 5.41) is 2.71. The normalized spacial score (nSPS) is 16.2. The van der Waals surface area contributed by atoms with Gasteiger partial charge in [-0.25, -0.2) is 0 Å². The molecule has 0 unspecified atom stereocenters. The maximum absolute atomic E-state index is 10.7. The summed E-state index contributed by atoms with van der Waals surface area (Å²) in [4.78, 5) is 15.2. The van der Waals surface area contributed by atoms with Crippen LogP contribution in [0.4, 0.5) is 17.1 Å². The molecule has 0 radical (unpaired) electrons. The molecule has 1 aliphatic rings. The van der Waals surface area contributed by atoms with Crippen LogP contribution in [0.2, 0.25) is 0 Å². The van der Waals surface area contributed by atoms with Crippen LogP contribution in [0.15, 0.2) is 12.1 Å². The average molecular weight is 264 g/mol. The number of nitrogen functional groups attached to an aromatic ring is 1. The summed E-state index contributed by atoms with van der Waals surface area (Å²) < 4.78 is 5.25. The number of carbonyl (C=O) groups is 1. The van der Waals surface area contributed by atoms with Crippen LogP contribution < -0.4 is 20.7 Å². The number of likely N-dealkylation sites (N-methyl/N-ethyl adjacent to an activating group) is 1. The molecule has 0 aromatic heterocycles. The van der Waals surface area contributed by atoms with Crippen molar-refractivity contribution in [3.8, 4) is 5.75 Å². The summed E-state index contributed by atoms with van der Waals surface area (Å²) in [7, 11) is 3.69. The third-order valence-corrected chi connectivity index (χ3v) is 3.41. The molecule has 104 valence electrons. The molecule has 3 N–H and O–H groups in total. The molecule has 1 amide bonds. The van der Waals surface area contributed by atoms with E-state index in [9.17, 15) is 4.79 Å². The van der Waals surface area contributed by atoms with E-state index in [0.717, 1.165) is 37.6 Å². The molecule has 0 aliphatic carbocycles. The lowest BCUT2D eigenvalue weighted by Crippen LogP contribution is -2.44. The number of rotatable bonds is 4. The van der Waals surface area contributed by atoms with Crippen molar-refractivity contribution in [1.29, 1.82) is 0 Å². The number of ether oxygens (including phenoxy) is 1. The van der Waals surface area contributed by atoms with E-state index in [0.29, 0.717) is 17.8 Å². The number of nitrogens with one attached hydrogen (secondary N) is 1. The van der Waals surface area contributed by atoms with Crippen molar-refractivity contribution in [2.24, 2.45) is 0 Å². The van der Waals surface area contributed by atoms with Crippen LogP contribution in [0.25, 0.3) is 0 Å². The second kappa shape index (κ2) is 5.79. The van der Waals surface area contributed by atoms with Gasteiger partial charge < -0.3 is 25.6 Å². The number of benzene rings is 1. The van der Waals surface area contributed by atoms with Crippen LogP contribution in [-0.4, -0.2) is 51.6 Å². The fourth-order valence-electron chi connectivity index (χ4n) is 2.25. The lowest BCUT2D eigenvalue weighted by Gasteiger charge is -2.35. The van der Waals surface area contributed by atoms with Crippen molar-refractivity contribution in [2.45, 2.75) is 0 Å². The fraction of sp³-hybridized carbons (Fsp3) is 0.462. The van der Waals surface area contributed by atoms with Gasteiger partial charge in [-0.15, -0.1) is 0 Å². The van der Waals surface area contributed by atoms with Crippen LogP contribution in [0.1, 0.15) is 0 Å². The standard InChI is InChI=1S/C13H20N4O2/c1-16-3-5-17(6-4-16)12-8-13(19-2)10(14)7-11(12)15-9-18/h7-9H,3-6,14H2,1-2H3,(H,15,18). The highest BCUT2D eigenvalue weighted by molar-refractivity contribution is 5.85. The van der Waals surface area contributed by atoms with Gasteiger partial charge in [0.1, 0.15) is 5.75 Å². The molecule has 1 aliphatic heterocycles. The molecule has 1 fully saturated rings. The molecule has 0 bridgehead atoms. The lowest BCUT2D eigenvalue weighted by molar-refractivity contribution is -0.105. The summed E-state index contributed by atoms with van der Waals surface area (Å²) >= 11 is 0.